The first-order chi connectivity index (χ1) is 12.9. The van der Waals surface area contributed by atoms with Crippen LogP contribution in [0.15, 0.2) is 58.3 Å². The molecule has 1 aliphatic heterocycles. The van der Waals surface area contributed by atoms with Gasteiger partial charge in [-0.2, -0.15) is 4.98 Å². The molecule has 0 fully saturated rings. The van der Waals surface area contributed by atoms with Crippen LogP contribution in [-0.4, -0.2) is 21.8 Å². The van der Waals surface area contributed by atoms with Gasteiger partial charge in [0.15, 0.2) is 0 Å². The van der Waals surface area contributed by atoms with Crippen LogP contribution < -0.4 is 5.56 Å². The topological polar surface area (TPSA) is 47.2 Å². The van der Waals surface area contributed by atoms with Crippen LogP contribution in [0.4, 0.5) is 0 Å². The minimum atomic E-state index is -0.233. The highest BCUT2D eigenvalue weighted by Gasteiger charge is 2.23. The Labute approximate surface area is 167 Å². The lowest BCUT2D eigenvalue weighted by atomic mass is 9.98. The van der Waals surface area contributed by atoms with Crippen molar-refractivity contribution in [3.05, 3.63) is 91.6 Å². The van der Waals surface area contributed by atoms with Crippen molar-refractivity contribution < 1.29 is 0 Å². The SMILES string of the molecule is Cc1cc(=O)nc2n1-c1ccc(Cl)cc1C(c1ccc(Cl)cc1)=NCC2C. The van der Waals surface area contributed by atoms with Crippen LogP contribution in [0, 0.1) is 6.92 Å². The minimum Gasteiger partial charge on any atom is -0.301 e. The van der Waals surface area contributed by atoms with Gasteiger partial charge >= 0.3 is 0 Å². The normalized spacial score (nSPS) is 16.0. The van der Waals surface area contributed by atoms with Crippen molar-refractivity contribution in [2.75, 3.05) is 6.54 Å². The Hall–Kier alpha value is -2.43. The van der Waals surface area contributed by atoms with E-state index in [2.05, 4.69) is 4.98 Å². The largest absolute Gasteiger partial charge is 0.301 e. The Morgan fingerprint density at radius 3 is 2.48 bits per heavy atom. The van der Waals surface area contributed by atoms with Gasteiger partial charge in [0, 0.05) is 45.4 Å². The van der Waals surface area contributed by atoms with Gasteiger partial charge < -0.3 is 4.57 Å². The lowest BCUT2D eigenvalue weighted by Crippen LogP contribution is -2.25. The quantitative estimate of drug-likeness (QED) is 0.591. The number of rotatable bonds is 1. The van der Waals surface area contributed by atoms with Gasteiger partial charge in [-0.15, -0.1) is 0 Å². The molecule has 2 heterocycles. The molecule has 1 aromatic heterocycles. The third-order valence-corrected chi connectivity index (χ3v) is 5.16. The van der Waals surface area contributed by atoms with Crippen LogP contribution in [0.5, 0.6) is 0 Å². The van der Waals surface area contributed by atoms with Crippen molar-refractivity contribution in [2.24, 2.45) is 4.99 Å². The lowest BCUT2D eigenvalue weighted by molar-refractivity contribution is 0.660. The first-order valence-corrected chi connectivity index (χ1v) is 9.41. The average Bonchev–Trinajstić information content (AvgIpc) is 2.62. The monoisotopic (exact) mass is 397 g/mol. The van der Waals surface area contributed by atoms with Crippen molar-refractivity contribution in [3.63, 3.8) is 0 Å². The first kappa shape index (κ1) is 18.0. The van der Waals surface area contributed by atoms with E-state index in [1.165, 1.54) is 0 Å². The highest BCUT2D eigenvalue weighted by molar-refractivity contribution is 6.32. The molecule has 0 saturated heterocycles. The van der Waals surface area contributed by atoms with E-state index >= 15 is 0 Å². The van der Waals surface area contributed by atoms with Gasteiger partial charge in [-0.3, -0.25) is 9.79 Å². The molecule has 0 spiro atoms. The number of fused-ring (bicyclic) bond motifs is 3. The van der Waals surface area contributed by atoms with E-state index in [4.69, 9.17) is 28.2 Å². The second-order valence-electron chi connectivity index (χ2n) is 6.69. The molecule has 0 N–H and O–H groups in total. The van der Waals surface area contributed by atoms with Crippen molar-refractivity contribution in [1.82, 2.24) is 9.55 Å². The summed E-state index contributed by atoms with van der Waals surface area (Å²) in [6.45, 7) is 4.46. The smallest absolute Gasteiger partial charge is 0.273 e. The molecule has 2 aromatic carbocycles. The molecule has 0 radical (unpaired) electrons. The van der Waals surface area contributed by atoms with E-state index < -0.39 is 0 Å². The molecule has 1 aliphatic rings. The van der Waals surface area contributed by atoms with E-state index in [-0.39, 0.29) is 11.5 Å². The fourth-order valence-electron chi connectivity index (χ4n) is 3.41. The summed E-state index contributed by atoms with van der Waals surface area (Å²) < 4.78 is 2.03. The molecule has 0 bridgehead atoms. The molecule has 27 heavy (non-hydrogen) atoms. The van der Waals surface area contributed by atoms with Crippen LogP contribution in [0.2, 0.25) is 10.0 Å². The van der Waals surface area contributed by atoms with Gasteiger partial charge in [0.1, 0.15) is 5.82 Å². The number of aliphatic imine (C=N–C) groups is 1. The van der Waals surface area contributed by atoms with E-state index in [1.807, 2.05) is 60.9 Å². The van der Waals surface area contributed by atoms with Crippen molar-refractivity contribution >= 4 is 28.9 Å². The van der Waals surface area contributed by atoms with Crippen LogP contribution in [0.3, 0.4) is 0 Å². The maximum absolute atomic E-state index is 12.0. The van der Waals surface area contributed by atoms with E-state index in [0.717, 1.165) is 28.2 Å². The van der Waals surface area contributed by atoms with Gasteiger partial charge in [-0.05, 0) is 37.3 Å². The number of hydrogen-bond donors (Lipinski definition) is 0. The number of hydrogen-bond acceptors (Lipinski definition) is 3. The lowest BCUT2D eigenvalue weighted by Gasteiger charge is -2.25. The van der Waals surface area contributed by atoms with Gasteiger partial charge in [0.25, 0.3) is 5.56 Å². The van der Waals surface area contributed by atoms with Crippen LogP contribution in [-0.2, 0) is 0 Å². The molecule has 1 unspecified atom stereocenters. The highest BCUT2D eigenvalue weighted by Crippen LogP contribution is 2.29. The highest BCUT2D eigenvalue weighted by atomic mass is 35.5. The molecule has 1 atom stereocenters. The minimum absolute atomic E-state index is 0.0104. The molecule has 4 nitrogen and oxygen atoms in total. The van der Waals surface area contributed by atoms with Gasteiger partial charge in [0.05, 0.1) is 11.4 Å². The van der Waals surface area contributed by atoms with Gasteiger partial charge in [-0.1, -0.05) is 42.3 Å². The maximum Gasteiger partial charge on any atom is 0.273 e. The molecule has 136 valence electrons. The van der Waals surface area contributed by atoms with Gasteiger partial charge in [-0.25, -0.2) is 0 Å². The second-order valence-corrected chi connectivity index (χ2v) is 7.56. The van der Waals surface area contributed by atoms with Crippen molar-refractivity contribution in [2.45, 2.75) is 19.8 Å². The number of aryl methyl sites for hydroxylation is 1. The Bertz CT molecular complexity index is 1120. The summed E-state index contributed by atoms with van der Waals surface area (Å²) >= 11 is 12.4. The molecule has 0 saturated carbocycles. The van der Waals surface area contributed by atoms with Crippen LogP contribution >= 0.6 is 23.2 Å². The summed E-state index contributed by atoms with van der Waals surface area (Å²) in [5.74, 6) is 0.700. The summed E-state index contributed by atoms with van der Waals surface area (Å²) in [5, 5.41) is 1.30. The molecular weight excluding hydrogens is 381 g/mol. The molecular formula is C21H17Cl2N3O. The Morgan fingerprint density at radius 1 is 1.04 bits per heavy atom. The third kappa shape index (κ3) is 3.31. The molecule has 6 heteroatoms. The van der Waals surface area contributed by atoms with Gasteiger partial charge in [0.2, 0.25) is 0 Å². The molecule has 0 amide bonds. The standard InChI is InChI=1S/C21H17Cl2N3O/c1-12-11-24-20(14-3-5-15(22)6-4-14)17-10-16(23)7-8-18(17)26-13(2)9-19(27)25-21(12)26/h3-10,12H,11H2,1-2H3. The third-order valence-electron chi connectivity index (χ3n) is 4.68. The van der Waals surface area contributed by atoms with E-state index in [9.17, 15) is 4.79 Å². The van der Waals surface area contributed by atoms with E-state index in [0.29, 0.717) is 22.4 Å². The Kier molecular flexibility index (Phi) is 4.62. The predicted molar refractivity (Wildman–Crippen MR) is 110 cm³/mol. The van der Waals surface area contributed by atoms with Crippen LogP contribution in [0.1, 0.15) is 35.5 Å². The average molecular weight is 398 g/mol. The fraction of sp³-hybridized carbons (Fsp3) is 0.190. The number of benzene rings is 2. The number of halogens is 2. The molecule has 4 rings (SSSR count). The maximum atomic E-state index is 12.0. The zero-order valence-corrected chi connectivity index (χ0v) is 16.4. The molecule has 0 aliphatic carbocycles. The van der Waals surface area contributed by atoms with Crippen molar-refractivity contribution in [1.29, 1.82) is 0 Å². The van der Waals surface area contributed by atoms with Crippen molar-refractivity contribution in [3.8, 4) is 5.69 Å². The Balaban J connectivity index is 2.04. The fourth-order valence-corrected chi connectivity index (χ4v) is 3.70. The zero-order valence-electron chi connectivity index (χ0n) is 14.9. The summed E-state index contributed by atoms with van der Waals surface area (Å²) in [4.78, 5) is 21.1. The summed E-state index contributed by atoms with van der Waals surface area (Å²) in [5.41, 5.74) is 4.21. The summed E-state index contributed by atoms with van der Waals surface area (Å²) in [7, 11) is 0. The second kappa shape index (κ2) is 6.95. The predicted octanol–water partition coefficient (Wildman–Crippen LogP) is 4.80. The van der Waals surface area contributed by atoms with E-state index in [1.54, 1.807) is 6.07 Å². The Morgan fingerprint density at radius 2 is 1.74 bits per heavy atom. The summed E-state index contributed by atoms with van der Waals surface area (Å²) in [6, 6.07) is 14.9. The number of nitrogens with zero attached hydrogens (tertiary/aromatic N) is 3. The first-order valence-electron chi connectivity index (χ1n) is 8.65. The summed E-state index contributed by atoms with van der Waals surface area (Å²) in [6.07, 6.45) is 0. The number of aromatic nitrogens is 2. The zero-order chi connectivity index (χ0) is 19.1. The molecule has 3 aromatic rings. The van der Waals surface area contributed by atoms with Crippen LogP contribution in [0.25, 0.3) is 5.69 Å².